The predicted octanol–water partition coefficient (Wildman–Crippen LogP) is 2.91. The van der Waals surface area contributed by atoms with Crippen LogP contribution in [0.5, 0.6) is 0 Å². The molecular weight excluding hydrogens is 229 g/mol. The lowest BCUT2D eigenvalue weighted by Crippen LogP contribution is -2.28. The summed E-state index contributed by atoms with van der Waals surface area (Å²) in [5.41, 5.74) is 6.49. The number of hydrogen-bond donors (Lipinski definition) is 1. The van der Waals surface area contributed by atoms with E-state index < -0.39 is 0 Å². The SMILES string of the molecule is NCC1CCCOC1c1cc(F)cc(Cl)c1. The van der Waals surface area contributed by atoms with Gasteiger partial charge in [-0.15, -0.1) is 0 Å². The number of hydrogen-bond acceptors (Lipinski definition) is 2. The molecule has 1 aliphatic heterocycles. The van der Waals surface area contributed by atoms with E-state index in [0.717, 1.165) is 18.4 Å². The number of nitrogens with two attached hydrogens (primary N) is 1. The van der Waals surface area contributed by atoms with Gasteiger partial charge >= 0.3 is 0 Å². The maximum absolute atomic E-state index is 13.2. The quantitative estimate of drug-likeness (QED) is 0.867. The molecular formula is C12H15ClFNO. The summed E-state index contributed by atoms with van der Waals surface area (Å²) in [5, 5.41) is 0.403. The molecule has 1 aliphatic rings. The second-order valence-corrected chi connectivity index (χ2v) is 4.57. The molecule has 2 N–H and O–H groups in total. The lowest BCUT2D eigenvalue weighted by molar-refractivity contribution is -0.0253. The van der Waals surface area contributed by atoms with Crippen LogP contribution in [-0.2, 0) is 4.74 Å². The molecule has 0 amide bonds. The van der Waals surface area contributed by atoms with Crippen molar-refractivity contribution in [1.29, 1.82) is 0 Å². The Bertz CT molecular complexity index is 352. The van der Waals surface area contributed by atoms with Crippen LogP contribution in [0.3, 0.4) is 0 Å². The molecule has 1 saturated heterocycles. The maximum Gasteiger partial charge on any atom is 0.125 e. The first-order valence-electron chi connectivity index (χ1n) is 5.48. The zero-order chi connectivity index (χ0) is 11.5. The van der Waals surface area contributed by atoms with Crippen LogP contribution in [0.2, 0.25) is 5.02 Å². The van der Waals surface area contributed by atoms with Crippen LogP contribution in [0.1, 0.15) is 24.5 Å². The molecule has 16 heavy (non-hydrogen) atoms. The van der Waals surface area contributed by atoms with Crippen molar-refractivity contribution in [3.8, 4) is 0 Å². The number of ether oxygens (including phenoxy) is 1. The van der Waals surface area contributed by atoms with E-state index in [9.17, 15) is 4.39 Å². The summed E-state index contributed by atoms with van der Waals surface area (Å²) in [6.07, 6.45) is 1.92. The third-order valence-corrected chi connectivity index (χ3v) is 3.18. The fourth-order valence-electron chi connectivity index (χ4n) is 2.19. The number of rotatable bonds is 2. The molecule has 2 unspecified atom stereocenters. The minimum Gasteiger partial charge on any atom is -0.373 e. The van der Waals surface area contributed by atoms with Crippen LogP contribution in [-0.4, -0.2) is 13.2 Å². The van der Waals surface area contributed by atoms with Gasteiger partial charge in [0.15, 0.2) is 0 Å². The van der Waals surface area contributed by atoms with Crippen LogP contribution in [0.15, 0.2) is 18.2 Å². The highest BCUT2D eigenvalue weighted by Crippen LogP contribution is 2.34. The van der Waals surface area contributed by atoms with E-state index in [1.54, 1.807) is 6.07 Å². The van der Waals surface area contributed by atoms with Gasteiger partial charge in [0.2, 0.25) is 0 Å². The van der Waals surface area contributed by atoms with Gasteiger partial charge in [0.05, 0.1) is 6.10 Å². The third-order valence-electron chi connectivity index (χ3n) is 2.96. The largest absolute Gasteiger partial charge is 0.373 e. The summed E-state index contributed by atoms with van der Waals surface area (Å²) in [5.74, 6) is -0.0703. The summed E-state index contributed by atoms with van der Waals surface area (Å²) in [4.78, 5) is 0. The van der Waals surface area contributed by atoms with Crippen LogP contribution < -0.4 is 5.73 Å². The van der Waals surface area contributed by atoms with Crippen molar-refractivity contribution in [2.24, 2.45) is 11.7 Å². The van der Waals surface area contributed by atoms with Crippen molar-refractivity contribution in [2.45, 2.75) is 18.9 Å². The van der Waals surface area contributed by atoms with Gasteiger partial charge in [-0.1, -0.05) is 11.6 Å². The Morgan fingerprint density at radius 3 is 2.94 bits per heavy atom. The average Bonchev–Trinajstić information content (AvgIpc) is 2.27. The van der Waals surface area contributed by atoms with Crippen molar-refractivity contribution in [3.63, 3.8) is 0 Å². The normalized spacial score (nSPS) is 25.7. The fourth-order valence-corrected chi connectivity index (χ4v) is 2.42. The van der Waals surface area contributed by atoms with Gasteiger partial charge in [0.25, 0.3) is 0 Å². The van der Waals surface area contributed by atoms with Crippen molar-refractivity contribution in [3.05, 3.63) is 34.6 Å². The molecule has 1 fully saturated rings. The highest BCUT2D eigenvalue weighted by molar-refractivity contribution is 6.30. The Morgan fingerprint density at radius 1 is 1.44 bits per heavy atom. The first-order chi connectivity index (χ1) is 7.70. The molecule has 2 atom stereocenters. The Balaban J connectivity index is 2.26. The van der Waals surface area contributed by atoms with E-state index in [1.165, 1.54) is 12.1 Å². The lowest BCUT2D eigenvalue weighted by atomic mass is 9.89. The Labute approximate surface area is 99.5 Å². The molecule has 88 valence electrons. The molecule has 0 aliphatic carbocycles. The van der Waals surface area contributed by atoms with Gasteiger partial charge in [-0.2, -0.15) is 0 Å². The second kappa shape index (κ2) is 5.13. The van der Waals surface area contributed by atoms with E-state index in [1.807, 2.05) is 0 Å². The van der Waals surface area contributed by atoms with Gasteiger partial charge in [-0.05, 0) is 43.1 Å². The van der Waals surface area contributed by atoms with Gasteiger partial charge < -0.3 is 10.5 Å². The molecule has 0 spiro atoms. The van der Waals surface area contributed by atoms with E-state index in [2.05, 4.69) is 0 Å². The first-order valence-corrected chi connectivity index (χ1v) is 5.86. The zero-order valence-corrected chi connectivity index (χ0v) is 9.71. The summed E-state index contributed by atoms with van der Waals surface area (Å²) >= 11 is 5.83. The van der Waals surface area contributed by atoms with Crippen molar-refractivity contribution in [2.75, 3.05) is 13.2 Å². The highest BCUT2D eigenvalue weighted by atomic mass is 35.5. The van der Waals surface area contributed by atoms with Crippen molar-refractivity contribution >= 4 is 11.6 Å². The standard InChI is InChI=1S/C12H15ClFNO/c13-10-4-9(5-11(14)6-10)12-8(7-15)2-1-3-16-12/h4-6,8,12H,1-3,7,15H2. The van der Waals surface area contributed by atoms with E-state index >= 15 is 0 Å². The molecule has 0 saturated carbocycles. The van der Waals surface area contributed by atoms with Gasteiger partial charge in [0.1, 0.15) is 5.82 Å². The molecule has 2 rings (SSSR count). The van der Waals surface area contributed by atoms with E-state index in [-0.39, 0.29) is 17.8 Å². The lowest BCUT2D eigenvalue weighted by Gasteiger charge is -2.31. The summed E-state index contributed by atoms with van der Waals surface area (Å²) in [7, 11) is 0. The topological polar surface area (TPSA) is 35.2 Å². The molecule has 1 aromatic carbocycles. The number of halogens is 2. The van der Waals surface area contributed by atoms with Crippen LogP contribution in [0, 0.1) is 11.7 Å². The highest BCUT2D eigenvalue weighted by Gasteiger charge is 2.26. The molecule has 1 heterocycles. The maximum atomic E-state index is 13.2. The van der Waals surface area contributed by atoms with E-state index in [4.69, 9.17) is 22.1 Å². The van der Waals surface area contributed by atoms with Crippen molar-refractivity contribution < 1.29 is 9.13 Å². The smallest absolute Gasteiger partial charge is 0.125 e. The van der Waals surface area contributed by atoms with Gasteiger partial charge in [-0.3, -0.25) is 0 Å². The predicted molar refractivity (Wildman–Crippen MR) is 61.9 cm³/mol. The Morgan fingerprint density at radius 2 is 2.25 bits per heavy atom. The second-order valence-electron chi connectivity index (χ2n) is 4.13. The third kappa shape index (κ3) is 2.54. The Kier molecular flexibility index (Phi) is 3.79. The summed E-state index contributed by atoms with van der Waals surface area (Å²) < 4.78 is 18.9. The van der Waals surface area contributed by atoms with E-state index in [0.29, 0.717) is 18.2 Å². The van der Waals surface area contributed by atoms with Crippen molar-refractivity contribution in [1.82, 2.24) is 0 Å². The zero-order valence-electron chi connectivity index (χ0n) is 8.96. The molecule has 0 bridgehead atoms. The van der Waals surface area contributed by atoms with Crippen LogP contribution >= 0.6 is 11.6 Å². The molecule has 0 radical (unpaired) electrons. The summed E-state index contributed by atoms with van der Waals surface area (Å²) in [6.45, 7) is 1.26. The van der Waals surface area contributed by atoms with Gasteiger partial charge in [-0.25, -0.2) is 4.39 Å². The molecule has 2 nitrogen and oxygen atoms in total. The molecule has 4 heteroatoms. The van der Waals surface area contributed by atoms with Crippen LogP contribution in [0.25, 0.3) is 0 Å². The number of benzene rings is 1. The monoisotopic (exact) mass is 243 g/mol. The minimum absolute atomic E-state index is 0.119. The molecule has 0 aromatic heterocycles. The average molecular weight is 244 g/mol. The molecule has 1 aromatic rings. The Hall–Kier alpha value is -0.640. The van der Waals surface area contributed by atoms with Gasteiger partial charge in [0, 0.05) is 17.5 Å². The van der Waals surface area contributed by atoms with Crippen LogP contribution in [0.4, 0.5) is 4.39 Å². The minimum atomic E-state index is -0.326. The fraction of sp³-hybridized carbons (Fsp3) is 0.500. The summed E-state index contributed by atoms with van der Waals surface area (Å²) in [6, 6.07) is 4.53. The first kappa shape index (κ1) is 11.8.